The molecule has 21 heavy (non-hydrogen) atoms. The van der Waals surface area contributed by atoms with Crippen molar-refractivity contribution >= 4 is 5.91 Å². The molecular weight excluding hydrogens is 280 g/mol. The van der Waals surface area contributed by atoms with Crippen molar-refractivity contribution in [3.8, 4) is 0 Å². The fourth-order valence-corrected chi connectivity index (χ4v) is 1.58. The van der Waals surface area contributed by atoms with Gasteiger partial charge in [-0.2, -0.15) is 0 Å². The van der Waals surface area contributed by atoms with Gasteiger partial charge in [-0.25, -0.2) is 5.43 Å². The topological polar surface area (TPSA) is 142 Å². The summed E-state index contributed by atoms with van der Waals surface area (Å²) in [7, 11) is 0. The molecule has 1 rings (SSSR count). The number of aliphatic hydroxyl groups is 5. The Morgan fingerprint density at radius 3 is 2.24 bits per heavy atom. The molecule has 0 aliphatic heterocycles. The van der Waals surface area contributed by atoms with Gasteiger partial charge >= 0.3 is 0 Å². The molecule has 118 valence electrons. The van der Waals surface area contributed by atoms with Gasteiger partial charge in [-0.05, 0) is 5.56 Å². The van der Waals surface area contributed by atoms with Gasteiger partial charge in [0.15, 0.2) is 6.10 Å². The first-order chi connectivity index (χ1) is 9.97. The minimum atomic E-state index is -1.95. The second-order valence-electron chi connectivity index (χ2n) is 4.50. The normalized spacial score (nSPS) is 16.8. The molecule has 0 saturated heterocycles. The second kappa shape index (κ2) is 8.67. The highest BCUT2D eigenvalue weighted by atomic mass is 16.4. The quantitative estimate of drug-likeness (QED) is 0.258. The summed E-state index contributed by atoms with van der Waals surface area (Å²) in [4.78, 5) is 11.6. The zero-order valence-electron chi connectivity index (χ0n) is 11.3. The SMILES string of the molecule is O=C(NNCc1ccccc1)[C@H](O)[C@@H](O)[C@H](O)[C@H](O)CO. The third-order valence-electron chi connectivity index (χ3n) is 2.87. The van der Waals surface area contributed by atoms with E-state index in [0.717, 1.165) is 5.56 Å². The summed E-state index contributed by atoms with van der Waals surface area (Å²) in [5.41, 5.74) is 5.62. The van der Waals surface area contributed by atoms with Crippen LogP contribution < -0.4 is 10.9 Å². The Morgan fingerprint density at radius 2 is 1.67 bits per heavy atom. The standard InChI is InChI=1S/C13H20N2O6/c16-7-9(17)10(18)11(19)12(20)13(21)15-14-6-8-4-2-1-3-5-8/h1-5,9-12,14,16-20H,6-7H2,(H,15,21)/t9-,10-,11+,12-/m1/s1. The van der Waals surface area contributed by atoms with E-state index >= 15 is 0 Å². The lowest BCUT2D eigenvalue weighted by atomic mass is 10.0. The van der Waals surface area contributed by atoms with Crippen molar-refractivity contribution in [3.63, 3.8) is 0 Å². The maximum Gasteiger partial charge on any atom is 0.265 e. The molecule has 0 saturated carbocycles. The van der Waals surface area contributed by atoms with Crippen LogP contribution in [0.15, 0.2) is 30.3 Å². The van der Waals surface area contributed by atoms with Gasteiger partial charge in [-0.3, -0.25) is 10.2 Å². The van der Waals surface area contributed by atoms with Crippen LogP contribution in [0.4, 0.5) is 0 Å². The summed E-state index contributed by atoms with van der Waals surface area (Å²) in [6, 6.07) is 9.14. The van der Waals surface area contributed by atoms with E-state index in [2.05, 4.69) is 10.9 Å². The van der Waals surface area contributed by atoms with Crippen LogP contribution in [-0.2, 0) is 11.3 Å². The van der Waals surface area contributed by atoms with E-state index in [1.807, 2.05) is 30.3 Å². The number of rotatable bonds is 8. The molecule has 0 radical (unpaired) electrons. The molecule has 0 bridgehead atoms. The van der Waals surface area contributed by atoms with Crippen LogP contribution in [0.3, 0.4) is 0 Å². The molecular formula is C13H20N2O6. The molecule has 8 nitrogen and oxygen atoms in total. The Balaban J connectivity index is 2.40. The Morgan fingerprint density at radius 1 is 1.05 bits per heavy atom. The van der Waals surface area contributed by atoms with Crippen molar-refractivity contribution < 1.29 is 30.3 Å². The molecule has 0 fully saturated rings. The fourth-order valence-electron chi connectivity index (χ4n) is 1.58. The highest BCUT2D eigenvalue weighted by Gasteiger charge is 2.34. The Bertz CT molecular complexity index is 430. The van der Waals surface area contributed by atoms with Gasteiger partial charge in [0.05, 0.1) is 6.61 Å². The summed E-state index contributed by atoms with van der Waals surface area (Å²) < 4.78 is 0. The summed E-state index contributed by atoms with van der Waals surface area (Å²) in [6.45, 7) is -0.504. The molecule has 0 unspecified atom stereocenters. The van der Waals surface area contributed by atoms with Gasteiger partial charge in [-0.15, -0.1) is 0 Å². The number of carbonyl (C=O) groups is 1. The number of amides is 1. The first-order valence-corrected chi connectivity index (χ1v) is 6.37. The van der Waals surface area contributed by atoms with E-state index in [4.69, 9.17) is 10.2 Å². The smallest absolute Gasteiger partial charge is 0.265 e. The minimum Gasteiger partial charge on any atom is -0.394 e. The molecule has 8 heteroatoms. The van der Waals surface area contributed by atoms with Crippen molar-refractivity contribution in [1.82, 2.24) is 10.9 Å². The summed E-state index contributed by atoms with van der Waals surface area (Å²) in [6.07, 6.45) is -7.38. The molecule has 4 atom stereocenters. The third-order valence-corrected chi connectivity index (χ3v) is 2.87. The predicted octanol–water partition coefficient (Wildman–Crippen LogP) is -2.76. The van der Waals surface area contributed by atoms with Crippen LogP contribution in [0.5, 0.6) is 0 Å². The lowest BCUT2D eigenvalue weighted by Crippen LogP contribution is -2.53. The molecule has 1 amide bonds. The second-order valence-corrected chi connectivity index (χ2v) is 4.50. The number of carbonyl (C=O) groups excluding carboxylic acids is 1. The number of aliphatic hydroxyl groups excluding tert-OH is 5. The van der Waals surface area contributed by atoms with Crippen LogP contribution in [0.2, 0.25) is 0 Å². The van der Waals surface area contributed by atoms with Gasteiger partial charge < -0.3 is 25.5 Å². The van der Waals surface area contributed by atoms with Crippen LogP contribution in [0.25, 0.3) is 0 Å². The average Bonchev–Trinajstić information content (AvgIpc) is 2.52. The van der Waals surface area contributed by atoms with Crippen molar-refractivity contribution in [2.75, 3.05) is 6.61 Å². The molecule has 0 aliphatic rings. The van der Waals surface area contributed by atoms with Gasteiger partial charge in [0.25, 0.3) is 5.91 Å². The number of nitrogens with one attached hydrogen (secondary N) is 2. The first kappa shape index (κ1) is 17.5. The zero-order valence-corrected chi connectivity index (χ0v) is 11.3. The summed E-state index contributed by atoms with van der Waals surface area (Å²) in [5, 5.41) is 46.2. The van der Waals surface area contributed by atoms with Crippen molar-refractivity contribution in [1.29, 1.82) is 0 Å². The molecule has 0 heterocycles. The number of hydrazine groups is 1. The lowest BCUT2D eigenvalue weighted by Gasteiger charge is -2.24. The lowest BCUT2D eigenvalue weighted by molar-refractivity contribution is -0.149. The van der Waals surface area contributed by atoms with Crippen molar-refractivity contribution in [2.24, 2.45) is 0 Å². The Hall–Kier alpha value is -1.55. The number of hydrogen-bond donors (Lipinski definition) is 7. The van der Waals surface area contributed by atoms with Gasteiger partial charge in [-0.1, -0.05) is 30.3 Å². The summed E-state index contributed by atoms with van der Waals surface area (Å²) in [5.74, 6) is -0.970. The highest BCUT2D eigenvalue weighted by molar-refractivity contribution is 5.80. The van der Waals surface area contributed by atoms with E-state index in [1.54, 1.807) is 0 Å². The number of hydrogen-bond acceptors (Lipinski definition) is 7. The van der Waals surface area contributed by atoms with Crippen LogP contribution >= 0.6 is 0 Å². The predicted molar refractivity (Wildman–Crippen MR) is 72.5 cm³/mol. The van der Waals surface area contributed by atoms with Crippen LogP contribution in [0, 0.1) is 0 Å². The number of benzene rings is 1. The van der Waals surface area contributed by atoms with Crippen LogP contribution in [-0.4, -0.2) is 62.5 Å². The molecule has 1 aromatic carbocycles. The van der Waals surface area contributed by atoms with Crippen molar-refractivity contribution in [2.45, 2.75) is 31.0 Å². The molecule has 0 aliphatic carbocycles. The molecule has 7 N–H and O–H groups in total. The van der Waals surface area contributed by atoms with E-state index < -0.39 is 36.9 Å². The largest absolute Gasteiger partial charge is 0.394 e. The van der Waals surface area contributed by atoms with Gasteiger partial charge in [0.2, 0.25) is 0 Å². The average molecular weight is 300 g/mol. The van der Waals surface area contributed by atoms with E-state index in [0.29, 0.717) is 6.54 Å². The Labute approximate surface area is 121 Å². The highest BCUT2D eigenvalue weighted by Crippen LogP contribution is 2.05. The summed E-state index contributed by atoms with van der Waals surface area (Å²) >= 11 is 0. The van der Waals surface area contributed by atoms with Gasteiger partial charge in [0.1, 0.15) is 18.3 Å². The minimum absolute atomic E-state index is 0.303. The van der Waals surface area contributed by atoms with Gasteiger partial charge in [0, 0.05) is 6.54 Å². The van der Waals surface area contributed by atoms with Crippen LogP contribution in [0.1, 0.15) is 5.56 Å². The van der Waals surface area contributed by atoms with E-state index in [9.17, 15) is 20.1 Å². The molecule has 0 aromatic heterocycles. The van der Waals surface area contributed by atoms with E-state index in [-0.39, 0.29) is 0 Å². The Kier molecular flexibility index (Phi) is 7.23. The molecule has 1 aromatic rings. The molecule has 0 spiro atoms. The maximum atomic E-state index is 11.6. The van der Waals surface area contributed by atoms with E-state index in [1.165, 1.54) is 0 Å². The fraction of sp³-hybridized carbons (Fsp3) is 0.462. The maximum absolute atomic E-state index is 11.6. The third kappa shape index (κ3) is 5.38. The zero-order chi connectivity index (χ0) is 15.8. The first-order valence-electron chi connectivity index (χ1n) is 6.37. The van der Waals surface area contributed by atoms with Crippen molar-refractivity contribution in [3.05, 3.63) is 35.9 Å². The monoisotopic (exact) mass is 300 g/mol.